The van der Waals surface area contributed by atoms with E-state index in [1.54, 1.807) is 32.4 Å². The maximum atomic E-state index is 12.8. The van der Waals surface area contributed by atoms with Gasteiger partial charge in [-0.2, -0.15) is 0 Å². The van der Waals surface area contributed by atoms with E-state index in [9.17, 15) is 9.59 Å². The number of fused-ring (bicyclic) bond motifs is 2. The van der Waals surface area contributed by atoms with Gasteiger partial charge in [0, 0.05) is 18.7 Å². The summed E-state index contributed by atoms with van der Waals surface area (Å²) >= 11 is 0. The number of Topliss-reactive ketones (excluding diaryl/α,β-unsaturated/α-hetero) is 1. The van der Waals surface area contributed by atoms with Gasteiger partial charge in [0.05, 0.1) is 26.5 Å². The fraction of sp³-hybridized carbons (Fsp3) is 0.333. The minimum absolute atomic E-state index is 0.00171. The number of methoxy groups -OCH3 is 2. The Kier molecular flexibility index (Phi) is 4.92. The van der Waals surface area contributed by atoms with Gasteiger partial charge in [0.15, 0.2) is 23.9 Å². The molecule has 146 valence electrons. The number of anilines is 1. The molecule has 0 saturated carbocycles. The van der Waals surface area contributed by atoms with Gasteiger partial charge in [-0.25, -0.2) is 0 Å². The number of carbonyl (C=O) groups excluding carboxylic acids is 2. The van der Waals surface area contributed by atoms with Gasteiger partial charge in [-0.05, 0) is 47.9 Å². The molecule has 2 aromatic carbocycles. The summed E-state index contributed by atoms with van der Waals surface area (Å²) < 4.78 is 16.1. The molecule has 0 spiro atoms. The normalized spacial score (nSPS) is 15.7. The van der Waals surface area contributed by atoms with Crippen molar-refractivity contribution >= 4 is 17.4 Å². The molecule has 0 atom stereocenters. The van der Waals surface area contributed by atoms with Gasteiger partial charge < -0.3 is 19.5 Å². The maximum absolute atomic E-state index is 12.8. The highest BCUT2D eigenvalue weighted by molar-refractivity contribution is 6.01. The standard InChI is InChI=1S/C21H22N2O5/c1-26-19-8-13-5-6-23(10-15(13)9-20(19)27-2)11-17(24)14-3-4-18-16(7-14)22-21(25)12-28-18/h3-4,7-9H,5-6,10-12H2,1-2H3,(H,22,25). The lowest BCUT2D eigenvalue weighted by molar-refractivity contribution is -0.118. The summed E-state index contributed by atoms with van der Waals surface area (Å²) in [4.78, 5) is 26.4. The molecule has 7 heteroatoms. The van der Waals surface area contributed by atoms with E-state index in [0.717, 1.165) is 24.3 Å². The third-order valence-corrected chi connectivity index (χ3v) is 5.10. The van der Waals surface area contributed by atoms with E-state index in [1.165, 1.54) is 5.56 Å². The molecule has 28 heavy (non-hydrogen) atoms. The summed E-state index contributed by atoms with van der Waals surface area (Å²) in [5.74, 6) is 1.80. The zero-order valence-electron chi connectivity index (χ0n) is 15.9. The van der Waals surface area contributed by atoms with E-state index < -0.39 is 0 Å². The number of hydrogen-bond acceptors (Lipinski definition) is 6. The van der Waals surface area contributed by atoms with Crippen molar-refractivity contribution in [3.63, 3.8) is 0 Å². The monoisotopic (exact) mass is 382 g/mol. The maximum Gasteiger partial charge on any atom is 0.262 e. The highest BCUT2D eigenvalue weighted by Gasteiger charge is 2.23. The van der Waals surface area contributed by atoms with Gasteiger partial charge in [0.25, 0.3) is 5.91 Å². The smallest absolute Gasteiger partial charge is 0.262 e. The molecule has 2 heterocycles. The number of ether oxygens (including phenoxy) is 3. The van der Waals surface area contributed by atoms with Crippen LogP contribution >= 0.6 is 0 Å². The third kappa shape index (κ3) is 3.53. The zero-order chi connectivity index (χ0) is 19.7. The molecule has 1 N–H and O–H groups in total. The van der Waals surface area contributed by atoms with Crippen molar-refractivity contribution in [3.05, 3.63) is 47.0 Å². The summed E-state index contributed by atoms with van der Waals surface area (Å²) in [6.07, 6.45) is 0.844. The Labute approximate surface area is 163 Å². The van der Waals surface area contributed by atoms with Gasteiger partial charge in [-0.15, -0.1) is 0 Å². The molecule has 0 radical (unpaired) electrons. The molecule has 1 amide bonds. The number of benzene rings is 2. The van der Waals surface area contributed by atoms with E-state index in [4.69, 9.17) is 14.2 Å². The summed E-state index contributed by atoms with van der Waals surface area (Å²) in [6, 6.07) is 9.14. The van der Waals surface area contributed by atoms with E-state index in [2.05, 4.69) is 10.2 Å². The van der Waals surface area contributed by atoms with Crippen LogP contribution in [0.5, 0.6) is 17.2 Å². The minimum atomic E-state index is -0.214. The van der Waals surface area contributed by atoms with Crippen molar-refractivity contribution in [2.75, 3.05) is 39.2 Å². The largest absolute Gasteiger partial charge is 0.493 e. The lowest BCUT2D eigenvalue weighted by Crippen LogP contribution is -2.35. The van der Waals surface area contributed by atoms with Crippen molar-refractivity contribution in [1.29, 1.82) is 0 Å². The molecule has 0 fully saturated rings. The molecule has 2 aromatic rings. The first-order valence-electron chi connectivity index (χ1n) is 9.13. The van der Waals surface area contributed by atoms with Crippen molar-refractivity contribution in [2.24, 2.45) is 0 Å². The van der Waals surface area contributed by atoms with Crippen LogP contribution in [-0.4, -0.2) is 50.5 Å². The predicted octanol–water partition coefficient (Wildman–Crippen LogP) is 2.28. The first-order valence-corrected chi connectivity index (χ1v) is 9.13. The second kappa shape index (κ2) is 7.52. The summed E-state index contributed by atoms with van der Waals surface area (Å²) in [5.41, 5.74) is 3.46. The lowest BCUT2D eigenvalue weighted by atomic mass is 9.98. The van der Waals surface area contributed by atoms with Crippen LogP contribution in [0.3, 0.4) is 0 Å². The number of nitrogens with zero attached hydrogens (tertiary/aromatic N) is 1. The van der Waals surface area contributed by atoms with Crippen LogP contribution in [0.1, 0.15) is 21.5 Å². The van der Waals surface area contributed by atoms with Gasteiger partial charge in [-0.1, -0.05) is 0 Å². The Morgan fingerprint density at radius 2 is 1.89 bits per heavy atom. The molecular weight excluding hydrogens is 360 g/mol. The number of hydrogen-bond donors (Lipinski definition) is 1. The highest BCUT2D eigenvalue weighted by atomic mass is 16.5. The summed E-state index contributed by atoms with van der Waals surface area (Å²) in [5, 5.41) is 2.74. The second-order valence-corrected chi connectivity index (χ2v) is 6.91. The average Bonchev–Trinajstić information content (AvgIpc) is 2.72. The topological polar surface area (TPSA) is 77.1 Å². The quantitative estimate of drug-likeness (QED) is 0.800. The van der Waals surface area contributed by atoms with Gasteiger partial charge in [-0.3, -0.25) is 14.5 Å². The van der Waals surface area contributed by atoms with E-state index >= 15 is 0 Å². The molecule has 0 saturated heterocycles. The van der Waals surface area contributed by atoms with Crippen LogP contribution in [-0.2, 0) is 17.8 Å². The first kappa shape index (κ1) is 18.3. The average molecular weight is 382 g/mol. The summed E-state index contributed by atoms with van der Waals surface area (Å²) in [6.45, 7) is 1.77. The minimum Gasteiger partial charge on any atom is -0.493 e. The van der Waals surface area contributed by atoms with Crippen LogP contribution in [0.2, 0.25) is 0 Å². The lowest BCUT2D eigenvalue weighted by Gasteiger charge is -2.29. The Morgan fingerprint density at radius 1 is 1.14 bits per heavy atom. The van der Waals surface area contributed by atoms with E-state index in [1.807, 2.05) is 12.1 Å². The van der Waals surface area contributed by atoms with Crippen molar-refractivity contribution in [3.8, 4) is 17.2 Å². The van der Waals surface area contributed by atoms with Crippen LogP contribution in [0.25, 0.3) is 0 Å². The third-order valence-electron chi connectivity index (χ3n) is 5.10. The molecule has 0 aliphatic carbocycles. The van der Waals surface area contributed by atoms with Crippen molar-refractivity contribution in [1.82, 2.24) is 4.90 Å². The number of amides is 1. The molecule has 0 bridgehead atoms. The Morgan fingerprint density at radius 3 is 2.64 bits per heavy atom. The van der Waals surface area contributed by atoms with Crippen molar-refractivity contribution in [2.45, 2.75) is 13.0 Å². The summed E-state index contributed by atoms with van der Waals surface area (Å²) in [7, 11) is 3.25. The zero-order valence-corrected chi connectivity index (χ0v) is 15.9. The van der Waals surface area contributed by atoms with Crippen LogP contribution in [0.15, 0.2) is 30.3 Å². The first-order chi connectivity index (χ1) is 13.6. The fourth-order valence-electron chi connectivity index (χ4n) is 3.63. The SMILES string of the molecule is COc1cc2c(cc1OC)CN(CC(=O)c1ccc3c(c1)NC(=O)CO3)CC2. The van der Waals surface area contributed by atoms with Crippen molar-refractivity contribution < 1.29 is 23.8 Å². The molecular formula is C21H22N2O5. The Hall–Kier alpha value is -3.06. The molecule has 7 nitrogen and oxygen atoms in total. The second-order valence-electron chi connectivity index (χ2n) is 6.91. The van der Waals surface area contributed by atoms with Crippen LogP contribution in [0.4, 0.5) is 5.69 Å². The van der Waals surface area contributed by atoms with Gasteiger partial charge >= 0.3 is 0 Å². The number of rotatable bonds is 5. The molecule has 4 rings (SSSR count). The van der Waals surface area contributed by atoms with Crippen LogP contribution < -0.4 is 19.5 Å². The molecule has 0 aromatic heterocycles. The Balaban J connectivity index is 1.48. The Bertz CT molecular complexity index is 941. The van der Waals surface area contributed by atoms with Gasteiger partial charge in [0.1, 0.15) is 5.75 Å². The molecule has 2 aliphatic rings. The molecule has 2 aliphatic heterocycles. The van der Waals surface area contributed by atoms with Gasteiger partial charge in [0.2, 0.25) is 0 Å². The number of carbonyl (C=O) groups is 2. The van der Waals surface area contributed by atoms with E-state index in [-0.39, 0.29) is 18.3 Å². The fourth-order valence-corrected chi connectivity index (χ4v) is 3.63. The predicted molar refractivity (Wildman–Crippen MR) is 103 cm³/mol. The highest BCUT2D eigenvalue weighted by Crippen LogP contribution is 2.33. The van der Waals surface area contributed by atoms with E-state index in [0.29, 0.717) is 35.8 Å². The number of ketones is 1. The molecule has 0 unspecified atom stereocenters. The number of nitrogens with one attached hydrogen (secondary N) is 1. The van der Waals surface area contributed by atoms with Crippen LogP contribution in [0, 0.1) is 0 Å².